The van der Waals surface area contributed by atoms with Gasteiger partial charge >= 0.3 is 5.97 Å². The first-order valence-corrected chi connectivity index (χ1v) is 5.83. The van der Waals surface area contributed by atoms with Crippen LogP contribution in [0.4, 0.5) is 0 Å². The fourth-order valence-corrected chi connectivity index (χ4v) is 1.51. The van der Waals surface area contributed by atoms with Crippen LogP contribution in [0, 0.1) is 0 Å². The third-order valence-corrected chi connectivity index (χ3v) is 2.43. The summed E-state index contributed by atoms with van der Waals surface area (Å²) in [4.78, 5) is 11.4. The lowest BCUT2D eigenvalue weighted by atomic mass is 10.2. The maximum atomic E-state index is 11.4. The number of carbonyl (C=O) groups excluding carboxylic acids is 1. The summed E-state index contributed by atoms with van der Waals surface area (Å²) in [6, 6.07) is 0. The molecule has 0 bridgehead atoms. The van der Waals surface area contributed by atoms with E-state index in [0.717, 1.165) is 19.4 Å². The van der Waals surface area contributed by atoms with E-state index in [1.165, 1.54) is 12.8 Å². The van der Waals surface area contributed by atoms with Gasteiger partial charge < -0.3 is 14.8 Å². The van der Waals surface area contributed by atoms with Crippen LogP contribution in [-0.2, 0) is 14.3 Å². The number of nitrogens with one attached hydrogen (secondary N) is 1. The average molecular weight is 215 g/mol. The van der Waals surface area contributed by atoms with E-state index in [0.29, 0.717) is 19.8 Å². The van der Waals surface area contributed by atoms with Crippen LogP contribution < -0.4 is 5.32 Å². The number of unbranched alkanes of at least 4 members (excludes halogenated alkanes) is 3. The van der Waals surface area contributed by atoms with Crippen molar-refractivity contribution in [1.29, 1.82) is 0 Å². The molecule has 0 aromatic rings. The van der Waals surface area contributed by atoms with Crippen LogP contribution in [0.1, 0.15) is 32.6 Å². The molecular weight excluding hydrogens is 194 g/mol. The predicted molar refractivity (Wildman–Crippen MR) is 57.7 cm³/mol. The van der Waals surface area contributed by atoms with Crippen molar-refractivity contribution in [2.45, 2.75) is 38.7 Å². The molecule has 1 unspecified atom stereocenters. The molecule has 1 heterocycles. The second-order valence-electron chi connectivity index (χ2n) is 3.79. The van der Waals surface area contributed by atoms with Gasteiger partial charge in [0.2, 0.25) is 0 Å². The van der Waals surface area contributed by atoms with Gasteiger partial charge in [0, 0.05) is 13.1 Å². The minimum absolute atomic E-state index is 0.223. The van der Waals surface area contributed by atoms with Crippen molar-refractivity contribution in [3.63, 3.8) is 0 Å². The monoisotopic (exact) mass is 215 g/mol. The Morgan fingerprint density at radius 1 is 1.47 bits per heavy atom. The normalized spacial score (nSPS) is 21.3. The highest BCUT2D eigenvalue weighted by Gasteiger charge is 2.22. The van der Waals surface area contributed by atoms with Crippen LogP contribution in [0.3, 0.4) is 0 Å². The summed E-state index contributed by atoms with van der Waals surface area (Å²) in [5, 5.41) is 3.10. The molecule has 0 spiro atoms. The standard InChI is InChI=1S/C11H21NO3/c1-2-3-4-5-7-15-11(13)10-9-12-6-8-14-10/h10,12H,2-9H2,1H3. The molecule has 88 valence electrons. The summed E-state index contributed by atoms with van der Waals surface area (Å²) in [7, 11) is 0. The fraction of sp³-hybridized carbons (Fsp3) is 0.909. The molecule has 0 aliphatic carbocycles. The Bertz CT molecular complexity index is 179. The van der Waals surface area contributed by atoms with E-state index in [1.54, 1.807) is 0 Å². The molecule has 0 amide bonds. The molecule has 0 radical (unpaired) electrons. The van der Waals surface area contributed by atoms with Crippen LogP contribution in [0.2, 0.25) is 0 Å². The van der Waals surface area contributed by atoms with E-state index in [9.17, 15) is 4.79 Å². The zero-order valence-electron chi connectivity index (χ0n) is 9.46. The highest BCUT2D eigenvalue weighted by molar-refractivity contribution is 5.75. The van der Waals surface area contributed by atoms with Crippen LogP contribution in [0.5, 0.6) is 0 Å². The van der Waals surface area contributed by atoms with E-state index in [-0.39, 0.29) is 5.97 Å². The summed E-state index contributed by atoms with van der Waals surface area (Å²) >= 11 is 0. The highest BCUT2D eigenvalue weighted by Crippen LogP contribution is 2.02. The SMILES string of the molecule is CCCCCCOC(=O)C1CNCCO1. The first-order chi connectivity index (χ1) is 7.34. The van der Waals surface area contributed by atoms with Crippen molar-refractivity contribution in [2.24, 2.45) is 0 Å². The second kappa shape index (κ2) is 7.65. The number of rotatable bonds is 6. The average Bonchev–Trinajstić information content (AvgIpc) is 2.30. The lowest BCUT2D eigenvalue weighted by Crippen LogP contribution is -2.43. The van der Waals surface area contributed by atoms with Gasteiger partial charge in [-0.05, 0) is 6.42 Å². The molecule has 4 heteroatoms. The lowest BCUT2D eigenvalue weighted by Gasteiger charge is -2.21. The first kappa shape index (κ1) is 12.5. The van der Waals surface area contributed by atoms with Crippen molar-refractivity contribution < 1.29 is 14.3 Å². The van der Waals surface area contributed by atoms with Gasteiger partial charge in [-0.15, -0.1) is 0 Å². The molecule has 1 fully saturated rings. The van der Waals surface area contributed by atoms with Crippen molar-refractivity contribution in [1.82, 2.24) is 5.32 Å². The van der Waals surface area contributed by atoms with Crippen LogP contribution >= 0.6 is 0 Å². The molecule has 1 rings (SSSR count). The molecule has 15 heavy (non-hydrogen) atoms. The van der Waals surface area contributed by atoms with Gasteiger partial charge in [-0.25, -0.2) is 4.79 Å². The van der Waals surface area contributed by atoms with Crippen LogP contribution in [0.25, 0.3) is 0 Å². The Labute approximate surface area is 91.3 Å². The Balaban J connectivity index is 2.02. The molecule has 1 aliphatic heterocycles. The number of hydrogen-bond acceptors (Lipinski definition) is 4. The largest absolute Gasteiger partial charge is 0.464 e. The smallest absolute Gasteiger partial charge is 0.336 e. The maximum Gasteiger partial charge on any atom is 0.336 e. The van der Waals surface area contributed by atoms with Gasteiger partial charge in [0.05, 0.1) is 13.2 Å². The van der Waals surface area contributed by atoms with Gasteiger partial charge in [-0.2, -0.15) is 0 Å². The second-order valence-corrected chi connectivity index (χ2v) is 3.79. The van der Waals surface area contributed by atoms with E-state index >= 15 is 0 Å². The van der Waals surface area contributed by atoms with Crippen molar-refractivity contribution in [3.05, 3.63) is 0 Å². The molecular formula is C11H21NO3. The van der Waals surface area contributed by atoms with E-state index in [1.807, 2.05) is 0 Å². The predicted octanol–water partition coefficient (Wildman–Crippen LogP) is 1.10. The van der Waals surface area contributed by atoms with E-state index < -0.39 is 6.10 Å². The molecule has 1 N–H and O–H groups in total. The molecule has 4 nitrogen and oxygen atoms in total. The van der Waals surface area contributed by atoms with Gasteiger partial charge in [-0.3, -0.25) is 0 Å². The molecule has 1 aliphatic rings. The third kappa shape index (κ3) is 5.14. The van der Waals surface area contributed by atoms with Crippen molar-refractivity contribution in [3.8, 4) is 0 Å². The summed E-state index contributed by atoms with van der Waals surface area (Å²) in [5.74, 6) is -0.223. The summed E-state index contributed by atoms with van der Waals surface area (Å²) in [6.07, 6.45) is 4.10. The Morgan fingerprint density at radius 3 is 3.00 bits per heavy atom. The van der Waals surface area contributed by atoms with Gasteiger partial charge in [0.1, 0.15) is 0 Å². The Morgan fingerprint density at radius 2 is 2.33 bits per heavy atom. The van der Waals surface area contributed by atoms with Gasteiger partial charge in [-0.1, -0.05) is 26.2 Å². The van der Waals surface area contributed by atoms with Crippen molar-refractivity contribution in [2.75, 3.05) is 26.3 Å². The molecule has 1 saturated heterocycles. The number of morpholine rings is 1. The topological polar surface area (TPSA) is 47.6 Å². The molecule has 0 aromatic carbocycles. The summed E-state index contributed by atoms with van der Waals surface area (Å²) in [5.41, 5.74) is 0. The lowest BCUT2D eigenvalue weighted by molar-refractivity contribution is -0.158. The van der Waals surface area contributed by atoms with Crippen LogP contribution in [0.15, 0.2) is 0 Å². The number of hydrogen-bond donors (Lipinski definition) is 1. The van der Waals surface area contributed by atoms with Gasteiger partial charge in [0.25, 0.3) is 0 Å². The Hall–Kier alpha value is -0.610. The Kier molecular flexibility index (Phi) is 6.36. The van der Waals surface area contributed by atoms with Crippen molar-refractivity contribution >= 4 is 5.97 Å². The molecule has 1 atom stereocenters. The third-order valence-electron chi connectivity index (χ3n) is 2.43. The number of carbonyl (C=O) groups is 1. The van der Waals surface area contributed by atoms with Crippen LogP contribution in [-0.4, -0.2) is 38.4 Å². The first-order valence-electron chi connectivity index (χ1n) is 5.83. The highest BCUT2D eigenvalue weighted by atomic mass is 16.6. The number of esters is 1. The fourth-order valence-electron chi connectivity index (χ4n) is 1.51. The van der Waals surface area contributed by atoms with Gasteiger partial charge in [0.15, 0.2) is 6.10 Å². The molecule has 0 aromatic heterocycles. The quantitative estimate of drug-likeness (QED) is 0.532. The number of ether oxygens (including phenoxy) is 2. The minimum Gasteiger partial charge on any atom is -0.464 e. The van der Waals surface area contributed by atoms with E-state index in [4.69, 9.17) is 9.47 Å². The zero-order valence-corrected chi connectivity index (χ0v) is 9.46. The maximum absolute atomic E-state index is 11.4. The summed E-state index contributed by atoms with van der Waals surface area (Å²) < 4.78 is 10.4. The summed E-state index contributed by atoms with van der Waals surface area (Å²) in [6.45, 7) is 4.68. The minimum atomic E-state index is -0.398. The van der Waals surface area contributed by atoms with E-state index in [2.05, 4.69) is 12.2 Å². The zero-order chi connectivity index (χ0) is 10.9. The molecule has 0 saturated carbocycles.